The Labute approximate surface area is 137 Å². The molecule has 4 nitrogen and oxygen atoms in total. The summed E-state index contributed by atoms with van der Waals surface area (Å²) >= 11 is 1.71. The third-order valence-electron chi connectivity index (χ3n) is 4.49. The molecule has 0 spiro atoms. The van der Waals surface area contributed by atoms with Crippen LogP contribution >= 0.6 is 11.3 Å². The predicted molar refractivity (Wildman–Crippen MR) is 86.1 cm³/mol. The molecule has 0 N–H and O–H groups in total. The lowest BCUT2D eigenvalue weighted by atomic mass is 10.1. The number of hydrogen-bond donors (Lipinski definition) is 0. The average Bonchev–Trinajstić information content (AvgIpc) is 3.25. The highest BCUT2D eigenvalue weighted by molar-refractivity contribution is 7.10. The molecule has 2 aliphatic heterocycles. The molecule has 23 heavy (non-hydrogen) atoms. The van der Waals surface area contributed by atoms with Gasteiger partial charge in [0, 0.05) is 17.5 Å². The lowest BCUT2D eigenvalue weighted by Crippen LogP contribution is -2.40. The first-order valence-electron chi connectivity index (χ1n) is 7.58. The number of rotatable bonds is 3. The average molecular weight is 330 g/mol. The fourth-order valence-corrected chi connectivity index (χ4v) is 4.29. The summed E-state index contributed by atoms with van der Waals surface area (Å²) in [6, 6.07) is 8.37. The standard InChI is InChI=1S/C17H15FN2O2S/c18-11-5-6-13-12(9-11)16(21)17(22)20(13)10-19-7-1-3-14(19)15-4-2-8-23-15/h2,4-6,8-9,14H,1,3,7,10H2. The van der Waals surface area contributed by atoms with E-state index < -0.39 is 17.5 Å². The SMILES string of the molecule is O=C1C(=O)N(CN2CCCC2c2cccs2)c2ccc(F)cc21. The van der Waals surface area contributed by atoms with Gasteiger partial charge in [-0.1, -0.05) is 6.07 Å². The van der Waals surface area contributed by atoms with Crippen molar-refractivity contribution in [2.45, 2.75) is 18.9 Å². The second-order valence-corrected chi connectivity index (χ2v) is 6.83. The van der Waals surface area contributed by atoms with E-state index in [2.05, 4.69) is 16.3 Å². The zero-order valence-electron chi connectivity index (χ0n) is 12.4. The van der Waals surface area contributed by atoms with Crippen LogP contribution in [0.2, 0.25) is 0 Å². The van der Waals surface area contributed by atoms with Crippen molar-refractivity contribution in [1.82, 2.24) is 4.90 Å². The Hall–Kier alpha value is -2.05. The summed E-state index contributed by atoms with van der Waals surface area (Å²) < 4.78 is 13.4. The van der Waals surface area contributed by atoms with Crippen molar-refractivity contribution in [3.8, 4) is 0 Å². The van der Waals surface area contributed by atoms with Crippen molar-refractivity contribution in [3.63, 3.8) is 0 Å². The first-order chi connectivity index (χ1) is 11.1. The zero-order valence-corrected chi connectivity index (χ0v) is 13.2. The van der Waals surface area contributed by atoms with Crippen LogP contribution in [-0.4, -0.2) is 29.8 Å². The highest BCUT2D eigenvalue weighted by atomic mass is 32.1. The number of hydrogen-bond acceptors (Lipinski definition) is 4. The summed E-state index contributed by atoms with van der Waals surface area (Å²) in [4.78, 5) is 29.3. The van der Waals surface area contributed by atoms with Gasteiger partial charge in [-0.15, -0.1) is 11.3 Å². The molecule has 0 aliphatic carbocycles. The van der Waals surface area contributed by atoms with E-state index in [0.717, 1.165) is 25.5 Å². The Kier molecular flexibility index (Phi) is 3.50. The molecule has 1 aromatic carbocycles. The number of benzene rings is 1. The number of likely N-dealkylation sites (tertiary alicyclic amines) is 1. The quantitative estimate of drug-likeness (QED) is 0.812. The van der Waals surface area contributed by atoms with Crippen LogP contribution in [-0.2, 0) is 4.79 Å². The van der Waals surface area contributed by atoms with E-state index in [1.54, 1.807) is 11.3 Å². The molecule has 1 unspecified atom stereocenters. The maximum Gasteiger partial charge on any atom is 0.300 e. The van der Waals surface area contributed by atoms with E-state index in [9.17, 15) is 14.0 Å². The van der Waals surface area contributed by atoms with Gasteiger partial charge in [-0.05, 0) is 42.5 Å². The largest absolute Gasteiger partial charge is 0.300 e. The van der Waals surface area contributed by atoms with E-state index in [1.807, 2.05) is 6.07 Å². The van der Waals surface area contributed by atoms with Crippen LogP contribution in [0, 0.1) is 5.82 Å². The van der Waals surface area contributed by atoms with E-state index in [-0.39, 0.29) is 11.6 Å². The molecule has 3 heterocycles. The lowest BCUT2D eigenvalue weighted by molar-refractivity contribution is -0.114. The molecule has 1 atom stereocenters. The molecule has 118 valence electrons. The molecule has 0 saturated carbocycles. The Morgan fingerprint density at radius 1 is 1.26 bits per heavy atom. The van der Waals surface area contributed by atoms with Crippen molar-refractivity contribution in [1.29, 1.82) is 0 Å². The molecule has 1 saturated heterocycles. The number of thiophene rings is 1. The third kappa shape index (κ3) is 2.38. The maximum absolute atomic E-state index is 13.4. The van der Waals surface area contributed by atoms with Crippen LogP contribution in [0.1, 0.15) is 34.1 Å². The van der Waals surface area contributed by atoms with Gasteiger partial charge in [0.1, 0.15) is 5.82 Å². The van der Waals surface area contributed by atoms with Crippen molar-refractivity contribution in [2.24, 2.45) is 0 Å². The van der Waals surface area contributed by atoms with E-state index in [4.69, 9.17) is 0 Å². The molecule has 6 heteroatoms. The number of fused-ring (bicyclic) bond motifs is 1. The summed E-state index contributed by atoms with van der Waals surface area (Å²) in [5, 5.41) is 2.05. The minimum Gasteiger partial charge on any atom is -0.291 e. The smallest absolute Gasteiger partial charge is 0.291 e. The van der Waals surface area contributed by atoms with E-state index >= 15 is 0 Å². The topological polar surface area (TPSA) is 40.6 Å². The number of carbonyl (C=O) groups excluding carboxylic acids is 2. The summed E-state index contributed by atoms with van der Waals surface area (Å²) in [5.41, 5.74) is 0.681. The highest BCUT2D eigenvalue weighted by Gasteiger charge is 2.38. The van der Waals surface area contributed by atoms with Gasteiger partial charge in [0.2, 0.25) is 0 Å². The fourth-order valence-electron chi connectivity index (χ4n) is 3.39. The first-order valence-corrected chi connectivity index (χ1v) is 8.46. The molecule has 1 aromatic heterocycles. The van der Waals surface area contributed by atoms with Gasteiger partial charge >= 0.3 is 5.91 Å². The van der Waals surface area contributed by atoms with Gasteiger partial charge in [-0.2, -0.15) is 0 Å². The zero-order chi connectivity index (χ0) is 16.0. The minimum absolute atomic E-state index is 0.168. The summed E-state index contributed by atoms with van der Waals surface area (Å²) in [6.07, 6.45) is 2.11. The Morgan fingerprint density at radius 3 is 2.91 bits per heavy atom. The molecular weight excluding hydrogens is 315 g/mol. The number of ketones is 1. The highest BCUT2D eigenvalue weighted by Crippen LogP contribution is 2.36. The Bertz CT molecular complexity index is 775. The van der Waals surface area contributed by atoms with Crippen molar-refractivity contribution in [2.75, 3.05) is 18.1 Å². The monoisotopic (exact) mass is 330 g/mol. The molecular formula is C17H15FN2O2S. The van der Waals surface area contributed by atoms with Gasteiger partial charge in [0.05, 0.1) is 17.9 Å². The number of halogens is 1. The van der Waals surface area contributed by atoms with Crippen LogP contribution in [0.5, 0.6) is 0 Å². The Balaban J connectivity index is 1.62. The summed E-state index contributed by atoms with van der Waals surface area (Å²) in [7, 11) is 0. The van der Waals surface area contributed by atoms with Crippen LogP contribution in [0.4, 0.5) is 10.1 Å². The second-order valence-electron chi connectivity index (χ2n) is 5.85. The van der Waals surface area contributed by atoms with E-state index in [0.29, 0.717) is 12.4 Å². The summed E-state index contributed by atoms with van der Waals surface area (Å²) in [5.74, 6) is -1.68. The molecule has 0 bridgehead atoms. The van der Waals surface area contributed by atoms with Crippen LogP contribution in [0.15, 0.2) is 35.7 Å². The lowest BCUT2D eigenvalue weighted by Gasteiger charge is -2.28. The molecule has 2 aromatic rings. The van der Waals surface area contributed by atoms with Crippen molar-refractivity contribution >= 4 is 28.7 Å². The fraction of sp³-hybridized carbons (Fsp3) is 0.294. The van der Waals surface area contributed by atoms with Gasteiger partial charge in [-0.3, -0.25) is 19.4 Å². The van der Waals surface area contributed by atoms with Crippen LogP contribution < -0.4 is 4.90 Å². The predicted octanol–water partition coefficient (Wildman–Crippen LogP) is 3.21. The third-order valence-corrected chi connectivity index (χ3v) is 5.47. The molecule has 1 fully saturated rings. The molecule has 1 amide bonds. The minimum atomic E-state index is -0.619. The van der Waals surface area contributed by atoms with Gasteiger partial charge in [-0.25, -0.2) is 4.39 Å². The van der Waals surface area contributed by atoms with E-state index in [1.165, 1.54) is 21.9 Å². The number of carbonyl (C=O) groups is 2. The van der Waals surface area contributed by atoms with Gasteiger partial charge < -0.3 is 0 Å². The second kappa shape index (κ2) is 5.54. The number of amides is 1. The molecule has 2 aliphatic rings. The van der Waals surface area contributed by atoms with Gasteiger partial charge in [0.15, 0.2) is 0 Å². The number of anilines is 1. The first kappa shape index (κ1) is 14.5. The molecule has 0 radical (unpaired) electrons. The Morgan fingerprint density at radius 2 is 2.13 bits per heavy atom. The normalized spacial score (nSPS) is 21.3. The van der Waals surface area contributed by atoms with Crippen molar-refractivity contribution in [3.05, 3.63) is 52.0 Å². The van der Waals surface area contributed by atoms with Gasteiger partial charge in [0.25, 0.3) is 5.78 Å². The van der Waals surface area contributed by atoms with Crippen molar-refractivity contribution < 1.29 is 14.0 Å². The van der Waals surface area contributed by atoms with Crippen LogP contribution in [0.3, 0.4) is 0 Å². The molecule has 4 rings (SSSR count). The van der Waals surface area contributed by atoms with Crippen LogP contribution in [0.25, 0.3) is 0 Å². The maximum atomic E-state index is 13.4. The summed E-state index contributed by atoms with van der Waals surface area (Å²) in [6.45, 7) is 1.25. The number of nitrogens with zero attached hydrogens (tertiary/aromatic N) is 2. The number of Topliss-reactive ketones (excluding diaryl/α,β-unsaturated/α-hetero) is 1.